The Bertz CT molecular complexity index is 524. The highest BCUT2D eigenvalue weighted by atomic mass is 15.2. The van der Waals surface area contributed by atoms with Crippen LogP contribution in [-0.4, -0.2) is 31.7 Å². The lowest BCUT2D eigenvalue weighted by Crippen LogP contribution is -2.37. The number of aromatic nitrogens is 1. The predicted octanol–water partition coefficient (Wildman–Crippen LogP) is 1.88. The lowest BCUT2D eigenvalue weighted by atomic mass is 9.96. The summed E-state index contributed by atoms with van der Waals surface area (Å²) in [5.74, 6) is 1.69. The van der Waals surface area contributed by atoms with Gasteiger partial charge in [-0.3, -0.25) is 0 Å². The Labute approximate surface area is 120 Å². The van der Waals surface area contributed by atoms with Crippen molar-refractivity contribution in [1.29, 1.82) is 5.26 Å². The van der Waals surface area contributed by atoms with Crippen LogP contribution >= 0.6 is 0 Å². The molecule has 1 aliphatic heterocycles. The first-order chi connectivity index (χ1) is 9.81. The summed E-state index contributed by atoms with van der Waals surface area (Å²) in [5.41, 5.74) is 3.27. The van der Waals surface area contributed by atoms with Gasteiger partial charge in [0.2, 0.25) is 0 Å². The maximum Gasteiger partial charge on any atom is 0.146 e. The van der Waals surface area contributed by atoms with Crippen LogP contribution in [0.3, 0.4) is 0 Å². The van der Waals surface area contributed by atoms with E-state index < -0.39 is 0 Å². The van der Waals surface area contributed by atoms with Crippen LogP contribution < -0.4 is 10.2 Å². The number of aryl methyl sites for hydroxylation is 2. The second-order valence-electron chi connectivity index (χ2n) is 5.92. The van der Waals surface area contributed by atoms with Gasteiger partial charge in [-0.1, -0.05) is 0 Å². The Balaban J connectivity index is 1.79. The first kappa shape index (κ1) is 13.4. The van der Waals surface area contributed by atoms with Gasteiger partial charge in [-0.15, -0.1) is 0 Å². The highest BCUT2D eigenvalue weighted by Gasteiger charge is 2.24. The van der Waals surface area contributed by atoms with Crippen molar-refractivity contribution < 1.29 is 0 Å². The topological polar surface area (TPSA) is 52.0 Å². The number of rotatable bonds is 3. The first-order valence-corrected chi connectivity index (χ1v) is 7.64. The van der Waals surface area contributed by atoms with E-state index in [-0.39, 0.29) is 0 Å². The van der Waals surface area contributed by atoms with Crippen molar-refractivity contribution in [2.75, 3.05) is 31.6 Å². The number of nitrogens with zero attached hydrogens (tertiary/aromatic N) is 3. The fraction of sp³-hybridized carbons (Fsp3) is 0.625. The molecule has 0 unspecified atom stereocenters. The largest absolute Gasteiger partial charge is 0.355 e. The number of anilines is 1. The van der Waals surface area contributed by atoms with Crippen molar-refractivity contribution in [3.05, 3.63) is 22.9 Å². The molecule has 1 aromatic heterocycles. The van der Waals surface area contributed by atoms with Crippen LogP contribution in [0.1, 0.15) is 36.1 Å². The van der Waals surface area contributed by atoms with Gasteiger partial charge in [-0.05, 0) is 63.2 Å². The van der Waals surface area contributed by atoms with E-state index in [2.05, 4.69) is 22.4 Å². The minimum atomic E-state index is 0.760. The van der Waals surface area contributed by atoms with E-state index in [9.17, 15) is 5.26 Å². The quantitative estimate of drug-likeness (QED) is 0.911. The smallest absolute Gasteiger partial charge is 0.146 e. The third kappa shape index (κ3) is 2.51. The van der Waals surface area contributed by atoms with Gasteiger partial charge in [0.1, 0.15) is 11.9 Å². The van der Waals surface area contributed by atoms with Crippen LogP contribution in [0.4, 0.5) is 5.82 Å². The maximum absolute atomic E-state index is 9.39. The molecule has 2 heterocycles. The molecule has 3 rings (SSSR count). The molecule has 20 heavy (non-hydrogen) atoms. The zero-order valence-electron chi connectivity index (χ0n) is 12.2. The van der Waals surface area contributed by atoms with Crippen molar-refractivity contribution in [1.82, 2.24) is 10.3 Å². The molecule has 0 amide bonds. The third-order valence-electron chi connectivity index (χ3n) is 4.56. The Morgan fingerprint density at radius 1 is 1.40 bits per heavy atom. The van der Waals surface area contributed by atoms with Crippen LogP contribution in [0.5, 0.6) is 0 Å². The Hall–Kier alpha value is -1.60. The molecular formula is C16H22N4. The van der Waals surface area contributed by atoms with Crippen LogP contribution in [0.2, 0.25) is 0 Å². The summed E-state index contributed by atoms with van der Waals surface area (Å²) < 4.78 is 0. The van der Waals surface area contributed by atoms with E-state index in [0.717, 1.165) is 49.8 Å². The van der Waals surface area contributed by atoms with Gasteiger partial charge in [0.15, 0.2) is 0 Å². The maximum atomic E-state index is 9.39. The predicted molar refractivity (Wildman–Crippen MR) is 79.8 cm³/mol. The third-order valence-corrected chi connectivity index (χ3v) is 4.56. The van der Waals surface area contributed by atoms with Gasteiger partial charge < -0.3 is 10.2 Å². The highest BCUT2D eigenvalue weighted by molar-refractivity contribution is 5.57. The van der Waals surface area contributed by atoms with Gasteiger partial charge >= 0.3 is 0 Å². The van der Waals surface area contributed by atoms with Crippen LogP contribution in [0.15, 0.2) is 6.07 Å². The summed E-state index contributed by atoms with van der Waals surface area (Å²) in [6.45, 7) is 3.14. The fourth-order valence-corrected chi connectivity index (χ4v) is 3.42. The minimum absolute atomic E-state index is 0.760. The molecule has 0 atom stereocenters. The van der Waals surface area contributed by atoms with Crippen molar-refractivity contribution in [3.8, 4) is 6.07 Å². The molecule has 0 radical (unpaired) electrons. The molecule has 1 fully saturated rings. The first-order valence-electron chi connectivity index (χ1n) is 7.64. The standard InChI is InChI=1S/C16H22N4/c1-18-11-12-5-7-20(8-6-12)16-14(10-17)9-13-3-2-4-15(13)19-16/h9,12,18H,2-8,11H2,1H3. The molecule has 0 saturated carbocycles. The summed E-state index contributed by atoms with van der Waals surface area (Å²) in [6.07, 6.45) is 5.71. The molecule has 2 aliphatic rings. The SMILES string of the molecule is CNCC1CCN(c2nc3c(cc2C#N)CCC3)CC1. The monoisotopic (exact) mass is 270 g/mol. The second kappa shape index (κ2) is 5.80. The Kier molecular flexibility index (Phi) is 3.88. The van der Waals surface area contributed by atoms with E-state index in [1.54, 1.807) is 0 Å². The minimum Gasteiger partial charge on any atom is -0.355 e. The van der Waals surface area contributed by atoms with Gasteiger partial charge in [-0.25, -0.2) is 4.98 Å². The summed E-state index contributed by atoms with van der Waals surface area (Å²) in [7, 11) is 2.02. The van der Waals surface area contributed by atoms with Crippen molar-refractivity contribution in [2.45, 2.75) is 32.1 Å². The highest BCUT2D eigenvalue weighted by Crippen LogP contribution is 2.29. The average molecular weight is 270 g/mol. The number of fused-ring (bicyclic) bond motifs is 1. The molecule has 0 bridgehead atoms. The zero-order valence-corrected chi connectivity index (χ0v) is 12.2. The fourth-order valence-electron chi connectivity index (χ4n) is 3.42. The summed E-state index contributed by atoms with van der Waals surface area (Å²) in [4.78, 5) is 7.12. The number of nitrogens with one attached hydrogen (secondary N) is 1. The lowest BCUT2D eigenvalue weighted by Gasteiger charge is -2.33. The van der Waals surface area contributed by atoms with Gasteiger partial charge in [-0.2, -0.15) is 5.26 Å². The van der Waals surface area contributed by atoms with Crippen LogP contribution in [-0.2, 0) is 12.8 Å². The molecule has 1 saturated heterocycles. The van der Waals surface area contributed by atoms with E-state index in [4.69, 9.17) is 4.98 Å². The van der Waals surface area contributed by atoms with E-state index in [0.29, 0.717) is 0 Å². The Morgan fingerprint density at radius 3 is 2.90 bits per heavy atom. The van der Waals surface area contributed by atoms with E-state index in [1.165, 1.54) is 30.5 Å². The van der Waals surface area contributed by atoms with Crippen LogP contribution in [0, 0.1) is 17.2 Å². The van der Waals surface area contributed by atoms with Gasteiger partial charge in [0.25, 0.3) is 0 Å². The molecule has 1 N–H and O–H groups in total. The number of hydrogen-bond acceptors (Lipinski definition) is 4. The Morgan fingerprint density at radius 2 is 2.20 bits per heavy atom. The number of piperidine rings is 1. The van der Waals surface area contributed by atoms with Gasteiger partial charge in [0.05, 0.1) is 5.56 Å². The average Bonchev–Trinajstić information content (AvgIpc) is 2.94. The molecule has 4 nitrogen and oxygen atoms in total. The van der Waals surface area contributed by atoms with E-state index >= 15 is 0 Å². The molecule has 1 aromatic rings. The molecule has 106 valence electrons. The number of hydrogen-bond donors (Lipinski definition) is 1. The number of pyridine rings is 1. The zero-order chi connectivity index (χ0) is 13.9. The molecule has 0 aromatic carbocycles. The summed E-state index contributed by atoms with van der Waals surface area (Å²) >= 11 is 0. The summed E-state index contributed by atoms with van der Waals surface area (Å²) in [6, 6.07) is 4.42. The van der Waals surface area contributed by atoms with Crippen molar-refractivity contribution >= 4 is 5.82 Å². The lowest BCUT2D eigenvalue weighted by molar-refractivity contribution is 0.392. The van der Waals surface area contributed by atoms with Crippen molar-refractivity contribution in [2.24, 2.45) is 5.92 Å². The van der Waals surface area contributed by atoms with E-state index in [1.807, 2.05) is 7.05 Å². The molecule has 1 aliphatic carbocycles. The van der Waals surface area contributed by atoms with Crippen LogP contribution in [0.25, 0.3) is 0 Å². The molecular weight excluding hydrogens is 248 g/mol. The van der Waals surface area contributed by atoms with Crippen molar-refractivity contribution in [3.63, 3.8) is 0 Å². The molecule has 4 heteroatoms. The second-order valence-corrected chi connectivity index (χ2v) is 5.92. The molecule has 0 spiro atoms. The number of nitriles is 1. The van der Waals surface area contributed by atoms with Gasteiger partial charge in [0, 0.05) is 18.8 Å². The normalized spacial score (nSPS) is 18.9. The summed E-state index contributed by atoms with van der Waals surface area (Å²) in [5, 5.41) is 12.7.